The van der Waals surface area contributed by atoms with Crippen molar-refractivity contribution in [2.75, 3.05) is 0 Å². The number of nitrogens with one attached hydrogen (secondary N) is 1. The van der Waals surface area contributed by atoms with E-state index < -0.39 is 17.8 Å². The predicted molar refractivity (Wildman–Crippen MR) is 119 cm³/mol. The van der Waals surface area contributed by atoms with Gasteiger partial charge in [0.05, 0.1) is 6.42 Å². The van der Waals surface area contributed by atoms with Crippen LogP contribution in [0.5, 0.6) is 0 Å². The first-order valence-corrected chi connectivity index (χ1v) is 10.7. The van der Waals surface area contributed by atoms with Crippen LogP contribution in [0.2, 0.25) is 15.1 Å². The second-order valence-corrected chi connectivity index (χ2v) is 8.38. The summed E-state index contributed by atoms with van der Waals surface area (Å²) in [5, 5.41) is 3.87. The average Bonchev–Trinajstić information content (AvgIpc) is 2.69. The second-order valence-electron chi connectivity index (χ2n) is 7.13. The quantitative estimate of drug-likeness (QED) is 0.538. The Hall–Kier alpha value is -1.82. The van der Waals surface area contributed by atoms with Gasteiger partial charge in [-0.3, -0.25) is 9.59 Å². The molecule has 2 atom stereocenters. The fourth-order valence-corrected chi connectivity index (χ4v) is 3.53. The molecule has 0 aromatic heterocycles. The minimum absolute atomic E-state index is 0.0444. The summed E-state index contributed by atoms with van der Waals surface area (Å²) in [7, 11) is 0. The van der Waals surface area contributed by atoms with Gasteiger partial charge in [0.15, 0.2) is 0 Å². The Bertz CT molecular complexity index is 903. The van der Waals surface area contributed by atoms with Crippen LogP contribution in [0.1, 0.15) is 38.3 Å². The molecule has 8 heteroatoms. The Labute approximate surface area is 191 Å². The predicted octanol–water partition coefficient (Wildman–Crippen LogP) is 5.66. The van der Waals surface area contributed by atoms with Crippen LogP contribution in [0.25, 0.3) is 0 Å². The highest BCUT2D eigenvalue weighted by atomic mass is 35.5. The van der Waals surface area contributed by atoms with Crippen molar-refractivity contribution in [1.82, 2.24) is 10.2 Å². The Morgan fingerprint density at radius 1 is 1.10 bits per heavy atom. The van der Waals surface area contributed by atoms with Crippen molar-refractivity contribution in [1.29, 1.82) is 0 Å². The van der Waals surface area contributed by atoms with Crippen molar-refractivity contribution in [2.24, 2.45) is 0 Å². The molecule has 0 spiro atoms. The number of carbonyl (C=O) groups is 2. The molecule has 0 saturated heterocycles. The molecule has 0 aliphatic heterocycles. The first kappa shape index (κ1) is 24.4. The van der Waals surface area contributed by atoms with E-state index in [1.165, 1.54) is 23.1 Å². The summed E-state index contributed by atoms with van der Waals surface area (Å²) in [5.74, 6) is -1.32. The maximum absolute atomic E-state index is 14.2. The highest BCUT2D eigenvalue weighted by molar-refractivity contribution is 6.35. The van der Waals surface area contributed by atoms with Gasteiger partial charge in [-0.05, 0) is 50.1 Å². The van der Waals surface area contributed by atoms with Gasteiger partial charge in [0.25, 0.3) is 0 Å². The van der Waals surface area contributed by atoms with Crippen LogP contribution in [-0.2, 0) is 22.6 Å². The number of halogens is 4. The number of benzene rings is 2. The number of amides is 2. The fourth-order valence-electron chi connectivity index (χ4n) is 2.84. The van der Waals surface area contributed by atoms with Crippen molar-refractivity contribution < 1.29 is 14.0 Å². The van der Waals surface area contributed by atoms with E-state index in [0.717, 1.165) is 6.42 Å². The van der Waals surface area contributed by atoms with Crippen LogP contribution in [0.15, 0.2) is 36.4 Å². The maximum Gasteiger partial charge on any atom is 0.242 e. The molecule has 0 heterocycles. The van der Waals surface area contributed by atoms with Gasteiger partial charge in [0.1, 0.15) is 11.9 Å². The summed E-state index contributed by atoms with van der Waals surface area (Å²) in [6.07, 6.45) is 0.470. The molecule has 2 unspecified atom stereocenters. The molecule has 2 aromatic carbocycles. The smallest absolute Gasteiger partial charge is 0.242 e. The molecule has 0 fully saturated rings. The molecule has 0 aliphatic carbocycles. The van der Waals surface area contributed by atoms with Crippen molar-refractivity contribution in [3.8, 4) is 0 Å². The lowest BCUT2D eigenvalue weighted by atomic mass is 10.1. The van der Waals surface area contributed by atoms with Crippen molar-refractivity contribution in [3.63, 3.8) is 0 Å². The number of hydrogen-bond donors (Lipinski definition) is 1. The molecule has 0 aliphatic rings. The Morgan fingerprint density at radius 3 is 2.40 bits per heavy atom. The lowest BCUT2D eigenvalue weighted by Gasteiger charge is -2.30. The third-order valence-corrected chi connectivity index (χ3v) is 5.85. The standard InChI is InChI=1S/C22H24Cl3FN2O2/c1-4-13(2)27-22(30)14(3)28(12-15-8-9-16(23)10-19(15)25)21(29)11-17-18(24)6-5-7-20(17)26/h5-10,13-14H,4,11-12H2,1-3H3,(H,27,30). The minimum Gasteiger partial charge on any atom is -0.352 e. The summed E-state index contributed by atoms with van der Waals surface area (Å²) in [6.45, 7) is 5.52. The minimum atomic E-state index is -0.802. The zero-order valence-corrected chi connectivity index (χ0v) is 19.3. The molecule has 4 nitrogen and oxygen atoms in total. The van der Waals surface area contributed by atoms with Crippen molar-refractivity contribution in [3.05, 3.63) is 68.4 Å². The molecule has 1 N–H and O–H groups in total. The second kappa shape index (κ2) is 11.0. The molecule has 30 heavy (non-hydrogen) atoms. The molecule has 162 valence electrons. The van der Waals surface area contributed by atoms with E-state index in [1.807, 2.05) is 13.8 Å². The van der Waals surface area contributed by atoms with Crippen LogP contribution in [0.4, 0.5) is 4.39 Å². The zero-order valence-electron chi connectivity index (χ0n) is 17.0. The Balaban J connectivity index is 2.34. The van der Waals surface area contributed by atoms with Gasteiger partial charge >= 0.3 is 0 Å². The first-order chi connectivity index (χ1) is 14.1. The van der Waals surface area contributed by atoms with E-state index >= 15 is 0 Å². The van der Waals surface area contributed by atoms with Gasteiger partial charge in [0.2, 0.25) is 11.8 Å². The van der Waals surface area contributed by atoms with Crippen LogP contribution < -0.4 is 5.32 Å². The summed E-state index contributed by atoms with van der Waals surface area (Å²) in [6, 6.07) is 8.31. The van der Waals surface area contributed by atoms with Crippen LogP contribution in [0.3, 0.4) is 0 Å². The average molecular weight is 474 g/mol. The van der Waals surface area contributed by atoms with Gasteiger partial charge in [-0.2, -0.15) is 0 Å². The summed E-state index contributed by atoms with van der Waals surface area (Å²) in [4.78, 5) is 27.2. The van der Waals surface area contributed by atoms with E-state index in [2.05, 4.69) is 5.32 Å². The normalized spacial score (nSPS) is 12.9. The summed E-state index contributed by atoms with van der Waals surface area (Å²) < 4.78 is 14.2. The number of carbonyl (C=O) groups excluding carboxylic acids is 2. The summed E-state index contributed by atoms with van der Waals surface area (Å²) in [5.41, 5.74) is 0.711. The highest BCUT2D eigenvalue weighted by Crippen LogP contribution is 2.25. The van der Waals surface area contributed by atoms with Gasteiger partial charge in [0, 0.05) is 33.2 Å². The van der Waals surface area contributed by atoms with Gasteiger partial charge in [-0.25, -0.2) is 4.39 Å². The zero-order chi connectivity index (χ0) is 22.4. The molecular weight excluding hydrogens is 450 g/mol. The van der Waals surface area contributed by atoms with E-state index in [4.69, 9.17) is 34.8 Å². The number of rotatable bonds is 8. The molecule has 0 radical (unpaired) electrons. The third kappa shape index (κ3) is 6.34. The lowest BCUT2D eigenvalue weighted by molar-refractivity contribution is -0.140. The molecule has 2 aromatic rings. The molecule has 0 bridgehead atoms. The Morgan fingerprint density at radius 2 is 1.80 bits per heavy atom. The van der Waals surface area contributed by atoms with E-state index in [1.54, 1.807) is 25.1 Å². The van der Waals surface area contributed by atoms with Gasteiger partial charge < -0.3 is 10.2 Å². The summed E-state index contributed by atoms with van der Waals surface area (Å²) >= 11 is 18.3. The first-order valence-electron chi connectivity index (χ1n) is 9.60. The van der Waals surface area contributed by atoms with Crippen LogP contribution in [0, 0.1) is 5.82 Å². The molecule has 2 amide bonds. The van der Waals surface area contributed by atoms with Gasteiger partial charge in [-0.1, -0.05) is 53.9 Å². The van der Waals surface area contributed by atoms with Crippen LogP contribution in [-0.4, -0.2) is 28.8 Å². The number of hydrogen-bond acceptors (Lipinski definition) is 2. The topological polar surface area (TPSA) is 49.4 Å². The molecule has 2 rings (SSSR count). The van der Waals surface area contributed by atoms with E-state index in [9.17, 15) is 14.0 Å². The monoisotopic (exact) mass is 472 g/mol. The van der Waals surface area contributed by atoms with Crippen molar-refractivity contribution >= 4 is 46.6 Å². The maximum atomic E-state index is 14.2. The largest absolute Gasteiger partial charge is 0.352 e. The fraction of sp³-hybridized carbons (Fsp3) is 0.364. The third-order valence-electron chi connectivity index (χ3n) is 4.91. The Kier molecular flexibility index (Phi) is 8.95. The van der Waals surface area contributed by atoms with E-state index in [0.29, 0.717) is 15.6 Å². The van der Waals surface area contributed by atoms with Gasteiger partial charge in [-0.15, -0.1) is 0 Å². The molecular formula is C22H24Cl3FN2O2. The molecule has 0 saturated carbocycles. The highest BCUT2D eigenvalue weighted by Gasteiger charge is 2.28. The lowest BCUT2D eigenvalue weighted by Crippen LogP contribution is -2.50. The van der Waals surface area contributed by atoms with E-state index in [-0.39, 0.29) is 35.5 Å². The van der Waals surface area contributed by atoms with Crippen LogP contribution >= 0.6 is 34.8 Å². The SMILES string of the molecule is CCC(C)NC(=O)C(C)N(Cc1ccc(Cl)cc1Cl)C(=O)Cc1c(F)cccc1Cl. The number of nitrogens with zero attached hydrogens (tertiary/aromatic N) is 1. The van der Waals surface area contributed by atoms with Crippen molar-refractivity contribution in [2.45, 2.75) is 52.2 Å².